The summed E-state index contributed by atoms with van der Waals surface area (Å²) in [7, 11) is 0. The van der Waals surface area contributed by atoms with E-state index in [1.54, 1.807) is 49.4 Å². The Morgan fingerprint density at radius 1 is 0.943 bits per heavy atom. The molecule has 35 heavy (non-hydrogen) atoms. The Labute approximate surface area is 202 Å². The number of aromatic hydroxyl groups is 1. The van der Waals surface area contributed by atoms with Crippen LogP contribution < -0.4 is 4.90 Å². The number of hydrogen-bond acceptors (Lipinski definition) is 6. The zero-order valence-corrected chi connectivity index (χ0v) is 19.4. The first-order chi connectivity index (χ1) is 16.8. The fourth-order valence-electron chi connectivity index (χ4n) is 4.16. The lowest BCUT2D eigenvalue weighted by molar-refractivity contribution is -0.132. The summed E-state index contributed by atoms with van der Waals surface area (Å²) < 4.78 is 5.07. The highest BCUT2D eigenvalue weighted by molar-refractivity contribution is 6.51. The number of carbonyl (C=O) groups excluding carboxylic acids is 3. The molecule has 1 amide bonds. The zero-order valence-electron chi connectivity index (χ0n) is 19.4. The summed E-state index contributed by atoms with van der Waals surface area (Å²) in [6.45, 7) is 3.88. The van der Waals surface area contributed by atoms with Crippen LogP contribution in [0.4, 0.5) is 5.69 Å². The van der Waals surface area contributed by atoms with Gasteiger partial charge in [-0.2, -0.15) is 0 Å². The summed E-state index contributed by atoms with van der Waals surface area (Å²) in [5.74, 6) is -2.65. The molecule has 1 saturated heterocycles. The number of hydrogen-bond donors (Lipinski definition) is 2. The number of ether oxygens (including phenoxy) is 1. The molecule has 0 spiro atoms. The van der Waals surface area contributed by atoms with Crippen molar-refractivity contribution in [1.29, 1.82) is 0 Å². The number of benzene rings is 3. The maximum Gasteiger partial charge on any atom is 0.338 e. The quantitative estimate of drug-likeness (QED) is 0.233. The van der Waals surface area contributed by atoms with Crippen LogP contribution in [-0.2, 0) is 20.7 Å². The number of aryl methyl sites for hydroxylation is 1. The molecule has 1 fully saturated rings. The molecule has 0 radical (unpaired) electrons. The van der Waals surface area contributed by atoms with Crippen LogP contribution in [0.3, 0.4) is 0 Å². The second-order valence-electron chi connectivity index (χ2n) is 8.09. The van der Waals surface area contributed by atoms with Crippen LogP contribution in [0, 0.1) is 0 Å². The summed E-state index contributed by atoms with van der Waals surface area (Å²) in [5.41, 5.74) is 2.28. The van der Waals surface area contributed by atoms with E-state index in [4.69, 9.17) is 4.74 Å². The first-order valence-corrected chi connectivity index (χ1v) is 11.3. The molecule has 0 aromatic heterocycles. The van der Waals surface area contributed by atoms with E-state index in [9.17, 15) is 24.6 Å². The van der Waals surface area contributed by atoms with Gasteiger partial charge in [0.15, 0.2) is 0 Å². The van der Waals surface area contributed by atoms with Gasteiger partial charge in [-0.1, -0.05) is 49.4 Å². The minimum absolute atomic E-state index is 0.0549. The van der Waals surface area contributed by atoms with Gasteiger partial charge >= 0.3 is 5.97 Å². The second-order valence-corrected chi connectivity index (χ2v) is 8.09. The summed E-state index contributed by atoms with van der Waals surface area (Å²) >= 11 is 0. The molecule has 1 aliphatic rings. The van der Waals surface area contributed by atoms with Crippen LogP contribution in [0.1, 0.15) is 46.9 Å². The average Bonchev–Trinajstić information content (AvgIpc) is 3.14. The molecule has 3 aromatic rings. The Bertz CT molecular complexity index is 1330. The van der Waals surface area contributed by atoms with E-state index in [2.05, 4.69) is 0 Å². The Morgan fingerprint density at radius 2 is 1.66 bits per heavy atom. The Kier molecular flexibility index (Phi) is 6.68. The fourth-order valence-corrected chi connectivity index (χ4v) is 4.16. The zero-order chi connectivity index (χ0) is 25.1. The average molecular weight is 472 g/mol. The predicted octanol–water partition coefficient (Wildman–Crippen LogP) is 4.76. The number of amides is 1. The van der Waals surface area contributed by atoms with Crippen LogP contribution in [0.2, 0.25) is 0 Å². The number of Topliss-reactive ketones (excluding diaryl/α,β-unsaturated/α-hetero) is 1. The van der Waals surface area contributed by atoms with E-state index in [-0.39, 0.29) is 34.9 Å². The van der Waals surface area contributed by atoms with E-state index >= 15 is 0 Å². The van der Waals surface area contributed by atoms with Crippen molar-refractivity contribution in [3.63, 3.8) is 0 Å². The first kappa shape index (κ1) is 23.8. The lowest BCUT2D eigenvalue weighted by Gasteiger charge is -2.26. The number of ketones is 1. The molecule has 0 aliphatic carbocycles. The highest BCUT2D eigenvalue weighted by Gasteiger charge is 2.47. The lowest BCUT2D eigenvalue weighted by atomic mass is 9.94. The third kappa shape index (κ3) is 4.53. The van der Waals surface area contributed by atoms with E-state index in [0.717, 1.165) is 12.0 Å². The van der Waals surface area contributed by atoms with Gasteiger partial charge in [0.05, 0.1) is 23.8 Å². The molecule has 4 rings (SSSR count). The van der Waals surface area contributed by atoms with E-state index in [0.29, 0.717) is 11.1 Å². The van der Waals surface area contributed by atoms with Gasteiger partial charge in [-0.3, -0.25) is 14.5 Å². The molecule has 7 heteroatoms. The minimum atomic E-state index is -1.02. The van der Waals surface area contributed by atoms with Crippen molar-refractivity contribution in [3.8, 4) is 5.75 Å². The van der Waals surface area contributed by atoms with Crippen molar-refractivity contribution in [3.05, 3.63) is 101 Å². The third-order valence-electron chi connectivity index (χ3n) is 5.90. The molecular weight excluding hydrogens is 446 g/mol. The van der Waals surface area contributed by atoms with Gasteiger partial charge in [0.25, 0.3) is 11.7 Å². The highest BCUT2D eigenvalue weighted by atomic mass is 16.5. The number of esters is 1. The van der Waals surface area contributed by atoms with Gasteiger partial charge in [-0.15, -0.1) is 0 Å². The van der Waals surface area contributed by atoms with E-state index in [1.807, 2.05) is 19.1 Å². The van der Waals surface area contributed by atoms with Crippen molar-refractivity contribution in [2.45, 2.75) is 26.3 Å². The van der Waals surface area contributed by atoms with Gasteiger partial charge in [0.1, 0.15) is 11.5 Å². The number of nitrogens with zero attached hydrogens (tertiary/aromatic N) is 1. The second kappa shape index (κ2) is 9.85. The molecule has 1 aliphatic heterocycles. The maximum absolute atomic E-state index is 13.3. The van der Waals surface area contributed by atoms with Gasteiger partial charge in [0.2, 0.25) is 0 Å². The normalized spacial score (nSPS) is 17.0. The molecule has 2 N–H and O–H groups in total. The molecule has 0 saturated carbocycles. The monoisotopic (exact) mass is 471 g/mol. The summed E-state index contributed by atoms with van der Waals surface area (Å²) in [6.07, 6.45) is 0.811. The van der Waals surface area contributed by atoms with Crippen molar-refractivity contribution in [1.82, 2.24) is 0 Å². The molecule has 1 atom stereocenters. The topological polar surface area (TPSA) is 104 Å². The molecule has 3 aromatic carbocycles. The van der Waals surface area contributed by atoms with Crippen molar-refractivity contribution < 1.29 is 29.3 Å². The fraction of sp³-hybridized carbons (Fsp3) is 0.179. The Morgan fingerprint density at radius 3 is 2.31 bits per heavy atom. The summed E-state index contributed by atoms with van der Waals surface area (Å²) in [5, 5.41) is 21.3. The SMILES string of the molecule is CCOC(=O)c1cccc(N2C(=O)C(=O)/C(=C(/O)c3ccc(CC)cc3)C2c2cccc(O)c2)c1. The Hall–Kier alpha value is -4.39. The van der Waals surface area contributed by atoms with Gasteiger partial charge < -0.3 is 14.9 Å². The predicted molar refractivity (Wildman–Crippen MR) is 131 cm³/mol. The number of aliphatic hydroxyl groups is 1. The van der Waals surface area contributed by atoms with Crippen LogP contribution in [0.25, 0.3) is 5.76 Å². The molecular formula is C28H25NO6. The van der Waals surface area contributed by atoms with Crippen molar-refractivity contribution in [2.75, 3.05) is 11.5 Å². The van der Waals surface area contributed by atoms with Crippen LogP contribution in [-0.4, -0.2) is 34.5 Å². The van der Waals surface area contributed by atoms with Crippen molar-refractivity contribution in [2.24, 2.45) is 0 Å². The molecule has 1 heterocycles. The number of anilines is 1. The van der Waals surface area contributed by atoms with E-state index in [1.165, 1.54) is 23.1 Å². The van der Waals surface area contributed by atoms with E-state index < -0.39 is 23.7 Å². The van der Waals surface area contributed by atoms with Gasteiger partial charge in [-0.25, -0.2) is 4.79 Å². The first-order valence-electron chi connectivity index (χ1n) is 11.3. The smallest absolute Gasteiger partial charge is 0.338 e. The summed E-state index contributed by atoms with van der Waals surface area (Å²) in [4.78, 5) is 40.1. The highest BCUT2D eigenvalue weighted by Crippen LogP contribution is 2.43. The number of phenols is 1. The number of rotatable bonds is 6. The van der Waals surface area contributed by atoms with Crippen LogP contribution in [0.5, 0.6) is 5.75 Å². The number of aliphatic hydroxyl groups excluding tert-OH is 1. The molecule has 0 bridgehead atoms. The van der Waals surface area contributed by atoms with Crippen LogP contribution in [0.15, 0.2) is 78.4 Å². The maximum atomic E-state index is 13.3. The summed E-state index contributed by atoms with van der Waals surface area (Å²) in [6, 6.07) is 18.4. The standard InChI is InChI=1S/C28H25NO6/c1-3-17-11-13-18(14-12-17)25(31)23-24(19-7-6-10-22(30)16-19)29(27(33)26(23)32)21-9-5-8-20(15-21)28(34)35-4-2/h5-16,24,30-31H,3-4H2,1-2H3/b25-23+. The number of phenolic OH excluding ortho intramolecular Hbond substituents is 1. The largest absolute Gasteiger partial charge is 0.508 e. The lowest BCUT2D eigenvalue weighted by Crippen LogP contribution is -2.29. The minimum Gasteiger partial charge on any atom is -0.508 e. The third-order valence-corrected chi connectivity index (χ3v) is 5.90. The molecule has 1 unspecified atom stereocenters. The molecule has 7 nitrogen and oxygen atoms in total. The van der Waals surface area contributed by atoms with Gasteiger partial charge in [-0.05, 0) is 54.8 Å². The van der Waals surface area contributed by atoms with Crippen molar-refractivity contribution >= 4 is 29.1 Å². The van der Waals surface area contributed by atoms with Crippen LogP contribution >= 0.6 is 0 Å². The van der Waals surface area contributed by atoms with Gasteiger partial charge in [0, 0.05) is 11.3 Å². The number of carbonyl (C=O) groups is 3. The Balaban J connectivity index is 1.90. The molecule has 178 valence electrons.